The molecule has 0 aliphatic carbocycles. The van der Waals surface area contributed by atoms with Gasteiger partial charge in [-0.05, 0) is 32.7 Å². The molecule has 0 aromatic carbocycles. The first kappa shape index (κ1) is 13.4. The first-order valence-electron chi connectivity index (χ1n) is 5.40. The Bertz CT molecular complexity index is 178. The summed E-state index contributed by atoms with van der Waals surface area (Å²) in [6.45, 7) is 9.76. The van der Waals surface area contributed by atoms with Crippen molar-refractivity contribution in [1.82, 2.24) is 5.32 Å². The van der Waals surface area contributed by atoms with Crippen molar-refractivity contribution in [3.8, 4) is 0 Å². The van der Waals surface area contributed by atoms with E-state index in [9.17, 15) is 4.79 Å². The van der Waals surface area contributed by atoms with Crippen LogP contribution >= 0.6 is 0 Å². The summed E-state index contributed by atoms with van der Waals surface area (Å²) in [5.74, 6) is 0.428. The molecule has 0 saturated heterocycles. The zero-order chi connectivity index (χ0) is 11.2. The second-order valence-electron chi connectivity index (χ2n) is 4.77. The SMILES string of the molecule is CCCC(C)CNCC(C)(C)C(N)=O. The Morgan fingerprint density at radius 1 is 1.50 bits per heavy atom. The van der Waals surface area contributed by atoms with Gasteiger partial charge in [-0.25, -0.2) is 0 Å². The van der Waals surface area contributed by atoms with Crippen LogP contribution in [0.5, 0.6) is 0 Å². The Labute approximate surface area is 87.4 Å². The minimum Gasteiger partial charge on any atom is -0.369 e. The van der Waals surface area contributed by atoms with Crippen molar-refractivity contribution in [3.63, 3.8) is 0 Å². The maximum atomic E-state index is 11.0. The summed E-state index contributed by atoms with van der Waals surface area (Å²) < 4.78 is 0. The molecule has 0 fully saturated rings. The molecule has 0 aliphatic heterocycles. The molecule has 0 bridgehead atoms. The highest BCUT2D eigenvalue weighted by molar-refractivity contribution is 5.80. The molecule has 0 aromatic rings. The number of hydrogen-bond donors (Lipinski definition) is 2. The largest absolute Gasteiger partial charge is 0.369 e. The minimum atomic E-state index is -0.439. The minimum absolute atomic E-state index is 0.242. The number of nitrogens with two attached hydrogens (primary N) is 1. The van der Waals surface area contributed by atoms with Crippen LogP contribution in [0.4, 0.5) is 0 Å². The maximum Gasteiger partial charge on any atom is 0.224 e. The van der Waals surface area contributed by atoms with Crippen LogP contribution in [0.25, 0.3) is 0 Å². The number of carbonyl (C=O) groups is 1. The smallest absolute Gasteiger partial charge is 0.224 e. The van der Waals surface area contributed by atoms with Crippen LogP contribution in [0, 0.1) is 11.3 Å². The highest BCUT2D eigenvalue weighted by Crippen LogP contribution is 2.12. The lowest BCUT2D eigenvalue weighted by molar-refractivity contribution is -0.125. The molecule has 0 heterocycles. The van der Waals surface area contributed by atoms with Crippen LogP contribution < -0.4 is 11.1 Å². The number of primary amides is 1. The Morgan fingerprint density at radius 3 is 2.50 bits per heavy atom. The highest BCUT2D eigenvalue weighted by atomic mass is 16.1. The van der Waals surface area contributed by atoms with Crippen molar-refractivity contribution >= 4 is 5.91 Å². The average molecular weight is 200 g/mol. The van der Waals surface area contributed by atoms with Gasteiger partial charge in [-0.3, -0.25) is 4.79 Å². The third-order valence-electron chi connectivity index (χ3n) is 2.51. The second kappa shape index (κ2) is 6.02. The molecule has 1 atom stereocenters. The van der Waals surface area contributed by atoms with Crippen LogP contribution in [0.3, 0.4) is 0 Å². The zero-order valence-electron chi connectivity index (χ0n) is 9.89. The number of carbonyl (C=O) groups excluding carboxylic acids is 1. The van der Waals surface area contributed by atoms with Crippen molar-refractivity contribution < 1.29 is 4.79 Å². The molecule has 0 radical (unpaired) electrons. The van der Waals surface area contributed by atoms with E-state index in [1.165, 1.54) is 12.8 Å². The molecule has 3 heteroatoms. The van der Waals surface area contributed by atoms with E-state index in [1.54, 1.807) is 0 Å². The summed E-state index contributed by atoms with van der Waals surface area (Å²) >= 11 is 0. The van der Waals surface area contributed by atoms with Crippen LogP contribution in [-0.2, 0) is 4.79 Å². The third-order valence-corrected chi connectivity index (χ3v) is 2.51. The van der Waals surface area contributed by atoms with Gasteiger partial charge in [0, 0.05) is 6.54 Å². The van der Waals surface area contributed by atoms with Gasteiger partial charge in [-0.15, -0.1) is 0 Å². The second-order valence-corrected chi connectivity index (χ2v) is 4.77. The monoisotopic (exact) mass is 200 g/mol. The lowest BCUT2D eigenvalue weighted by Crippen LogP contribution is -2.41. The van der Waals surface area contributed by atoms with E-state index in [0.29, 0.717) is 12.5 Å². The van der Waals surface area contributed by atoms with Gasteiger partial charge in [-0.2, -0.15) is 0 Å². The van der Waals surface area contributed by atoms with E-state index in [-0.39, 0.29) is 5.91 Å². The number of hydrogen-bond acceptors (Lipinski definition) is 2. The summed E-state index contributed by atoms with van der Waals surface area (Å²) in [5.41, 5.74) is 4.83. The first-order chi connectivity index (χ1) is 6.40. The average Bonchev–Trinajstić information content (AvgIpc) is 2.04. The number of amides is 1. The maximum absolute atomic E-state index is 11.0. The van der Waals surface area contributed by atoms with Gasteiger partial charge in [0.1, 0.15) is 0 Å². The van der Waals surface area contributed by atoms with Gasteiger partial charge in [0.2, 0.25) is 5.91 Å². The van der Waals surface area contributed by atoms with Gasteiger partial charge in [-0.1, -0.05) is 20.3 Å². The van der Waals surface area contributed by atoms with Crippen molar-refractivity contribution in [2.24, 2.45) is 17.1 Å². The van der Waals surface area contributed by atoms with Crippen LogP contribution in [0.15, 0.2) is 0 Å². The summed E-state index contributed by atoms with van der Waals surface area (Å²) in [7, 11) is 0. The summed E-state index contributed by atoms with van der Waals surface area (Å²) in [6, 6.07) is 0. The quantitative estimate of drug-likeness (QED) is 0.654. The highest BCUT2D eigenvalue weighted by Gasteiger charge is 2.24. The molecule has 0 aliphatic rings. The number of nitrogens with one attached hydrogen (secondary N) is 1. The lowest BCUT2D eigenvalue weighted by atomic mass is 9.92. The molecule has 1 amide bonds. The summed E-state index contributed by atoms with van der Waals surface area (Å²) in [4.78, 5) is 11.0. The molecular formula is C11H24N2O. The zero-order valence-corrected chi connectivity index (χ0v) is 9.89. The lowest BCUT2D eigenvalue weighted by Gasteiger charge is -2.22. The molecule has 0 rings (SSSR count). The molecule has 0 saturated carbocycles. The van der Waals surface area contributed by atoms with Crippen molar-refractivity contribution in [2.75, 3.05) is 13.1 Å². The van der Waals surface area contributed by atoms with Crippen molar-refractivity contribution in [2.45, 2.75) is 40.5 Å². The molecule has 84 valence electrons. The number of rotatable bonds is 7. The Kier molecular flexibility index (Phi) is 5.77. The van der Waals surface area contributed by atoms with Crippen LogP contribution in [0.2, 0.25) is 0 Å². The van der Waals surface area contributed by atoms with Gasteiger partial charge in [0.05, 0.1) is 5.41 Å². The Balaban J connectivity index is 3.68. The predicted molar refractivity (Wildman–Crippen MR) is 59.9 cm³/mol. The van der Waals surface area contributed by atoms with Crippen LogP contribution in [0.1, 0.15) is 40.5 Å². The fourth-order valence-electron chi connectivity index (χ4n) is 1.31. The van der Waals surface area contributed by atoms with E-state index >= 15 is 0 Å². The van der Waals surface area contributed by atoms with Gasteiger partial charge < -0.3 is 11.1 Å². The molecule has 0 spiro atoms. The third kappa shape index (κ3) is 5.22. The fourth-order valence-corrected chi connectivity index (χ4v) is 1.31. The van der Waals surface area contributed by atoms with Gasteiger partial charge in [0.15, 0.2) is 0 Å². The summed E-state index contributed by atoms with van der Waals surface area (Å²) in [6.07, 6.45) is 2.44. The Morgan fingerprint density at radius 2 is 2.07 bits per heavy atom. The fraction of sp³-hybridized carbons (Fsp3) is 0.909. The first-order valence-corrected chi connectivity index (χ1v) is 5.40. The van der Waals surface area contributed by atoms with E-state index in [1.807, 2.05) is 13.8 Å². The molecule has 3 N–H and O–H groups in total. The molecule has 0 aromatic heterocycles. The Hall–Kier alpha value is -0.570. The van der Waals surface area contributed by atoms with Crippen molar-refractivity contribution in [1.29, 1.82) is 0 Å². The topological polar surface area (TPSA) is 55.1 Å². The predicted octanol–water partition coefficient (Wildman–Crippen LogP) is 1.52. The van der Waals surface area contributed by atoms with Crippen LogP contribution in [-0.4, -0.2) is 19.0 Å². The van der Waals surface area contributed by atoms with Crippen molar-refractivity contribution in [3.05, 3.63) is 0 Å². The normalized spacial score (nSPS) is 14.0. The molecule has 3 nitrogen and oxygen atoms in total. The molecule has 1 unspecified atom stereocenters. The van der Waals surface area contributed by atoms with E-state index < -0.39 is 5.41 Å². The van der Waals surface area contributed by atoms with Gasteiger partial charge >= 0.3 is 0 Å². The van der Waals surface area contributed by atoms with Gasteiger partial charge in [0.25, 0.3) is 0 Å². The molecular weight excluding hydrogens is 176 g/mol. The standard InChI is InChI=1S/C11H24N2O/c1-5-6-9(2)7-13-8-11(3,4)10(12)14/h9,13H,5-8H2,1-4H3,(H2,12,14). The van der Waals surface area contributed by atoms with E-state index in [2.05, 4.69) is 19.2 Å². The molecule has 14 heavy (non-hydrogen) atoms. The summed E-state index contributed by atoms with van der Waals surface area (Å²) in [5, 5.41) is 3.29. The van der Waals surface area contributed by atoms with E-state index in [4.69, 9.17) is 5.73 Å². The van der Waals surface area contributed by atoms with E-state index in [0.717, 1.165) is 6.54 Å².